The summed E-state index contributed by atoms with van der Waals surface area (Å²) in [6, 6.07) is 0. The molecule has 0 heterocycles. The maximum absolute atomic E-state index is 10.7. The summed E-state index contributed by atoms with van der Waals surface area (Å²) in [7, 11) is 0. The van der Waals surface area contributed by atoms with Crippen molar-refractivity contribution in [2.45, 2.75) is 90.8 Å². The van der Waals surface area contributed by atoms with Gasteiger partial charge in [-0.05, 0) is 93.8 Å². The smallest absolute Gasteiger partial charge is 0.0628 e. The fourth-order valence-corrected chi connectivity index (χ4v) is 7.43. The van der Waals surface area contributed by atoms with Crippen molar-refractivity contribution in [3.63, 3.8) is 0 Å². The zero-order valence-corrected chi connectivity index (χ0v) is 16.1. The third kappa shape index (κ3) is 2.51. The fourth-order valence-electron chi connectivity index (χ4n) is 7.43. The molecule has 7 unspecified atom stereocenters. The SMILES string of the molecule is CCOC1CCC2(C)C(=CCC3C4CC(C)(O)CC4(C)CCC32)C1. The van der Waals surface area contributed by atoms with Crippen LogP contribution in [0.2, 0.25) is 0 Å². The van der Waals surface area contributed by atoms with E-state index in [0.29, 0.717) is 22.9 Å². The van der Waals surface area contributed by atoms with Crippen LogP contribution >= 0.6 is 0 Å². The average molecular weight is 333 g/mol. The second-order valence-corrected chi connectivity index (χ2v) is 10.2. The Bertz CT molecular complexity index is 536. The molecular weight excluding hydrogens is 296 g/mol. The highest BCUT2D eigenvalue weighted by Gasteiger charge is 2.59. The van der Waals surface area contributed by atoms with Gasteiger partial charge >= 0.3 is 0 Å². The van der Waals surface area contributed by atoms with Gasteiger partial charge in [-0.15, -0.1) is 0 Å². The minimum atomic E-state index is -0.439. The fraction of sp³-hybridized carbons (Fsp3) is 0.909. The summed E-state index contributed by atoms with van der Waals surface area (Å²) in [4.78, 5) is 0. The normalized spacial score (nSPS) is 53.8. The van der Waals surface area contributed by atoms with Crippen LogP contribution in [-0.2, 0) is 4.74 Å². The van der Waals surface area contributed by atoms with Crippen LogP contribution in [-0.4, -0.2) is 23.4 Å². The summed E-state index contributed by atoms with van der Waals surface area (Å²) in [6.45, 7) is 10.0. The van der Waals surface area contributed by atoms with Crippen molar-refractivity contribution in [3.8, 4) is 0 Å². The molecule has 0 spiro atoms. The first-order valence-electron chi connectivity index (χ1n) is 10.3. The molecule has 0 aromatic rings. The Balaban J connectivity index is 1.61. The Labute approximate surface area is 148 Å². The highest BCUT2D eigenvalue weighted by molar-refractivity contribution is 5.25. The van der Waals surface area contributed by atoms with Gasteiger partial charge in [-0.2, -0.15) is 0 Å². The van der Waals surface area contributed by atoms with Crippen LogP contribution in [0, 0.1) is 28.6 Å². The van der Waals surface area contributed by atoms with E-state index in [1.54, 1.807) is 5.57 Å². The van der Waals surface area contributed by atoms with E-state index in [-0.39, 0.29) is 0 Å². The lowest BCUT2D eigenvalue weighted by Gasteiger charge is -2.57. The molecule has 7 atom stereocenters. The number of ether oxygens (including phenoxy) is 1. The first-order valence-corrected chi connectivity index (χ1v) is 10.3. The molecule has 0 aromatic heterocycles. The monoisotopic (exact) mass is 332 g/mol. The summed E-state index contributed by atoms with van der Waals surface area (Å²) >= 11 is 0. The molecule has 2 nitrogen and oxygen atoms in total. The Morgan fingerprint density at radius 2 is 1.96 bits per heavy atom. The van der Waals surface area contributed by atoms with Crippen molar-refractivity contribution in [3.05, 3.63) is 11.6 Å². The first-order chi connectivity index (χ1) is 11.3. The number of aliphatic hydroxyl groups is 1. The van der Waals surface area contributed by atoms with Crippen molar-refractivity contribution in [2.24, 2.45) is 28.6 Å². The topological polar surface area (TPSA) is 29.5 Å². The van der Waals surface area contributed by atoms with Gasteiger partial charge in [-0.1, -0.05) is 25.5 Å². The minimum absolute atomic E-state index is 0.370. The predicted octanol–water partition coefficient (Wildman–Crippen LogP) is 5.11. The van der Waals surface area contributed by atoms with Gasteiger partial charge in [0.15, 0.2) is 0 Å². The summed E-state index contributed by atoms with van der Waals surface area (Å²) in [5.74, 6) is 2.33. The molecule has 4 aliphatic carbocycles. The molecule has 2 heteroatoms. The number of hydrogen-bond donors (Lipinski definition) is 1. The lowest BCUT2D eigenvalue weighted by Crippen LogP contribution is -2.49. The average Bonchev–Trinajstić information content (AvgIpc) is 2.76. The molecule has 3 fully saturated rings. The first kappa shape index (κ1) is 17.1. The number of rotatable bonds is 2. The maximum Gasteiger partial charge on any atom is 0.0628 e. The van der Waals surface area contributed by atoms with Crippen molar-refractivity contribution in [1.82, 2.24) is 0 Å². The van der Waals surface area contributed by atoms with Crippen molar-refractivity contribution >= 4 is 0 Å². The molecule has 0 aliphatic heterocycles. The summed E-state index contributed by atoms with van der Waals surface area (Å²) < 4.78 is 5.95. The molecule has 3 saturated carbocycles. The highest BCUT2D eigenvalue weighted by atomic mass is 16.5. The largest absolute Gasteiger partial charge is 0.390 e. The van der Waals surface area contributed by atoms with Gasteiger partial charge in [0.2, 0.25) is 0 Å². The molecule has 24 heavy (non-hydrogen) atoms. The van der Waals surface area contributed by atoms with E-state index < -0.39 is 5.60 Å². The molecule has 136 valence electrons. The van der Waals surface area contributed by atoms with Gasteiger partial charge in [0.25, 0.3) is 0 Å². The standard InChI is InChI=1S/C22H36O2/c1-5-24-16-8-11-22(4)15(12-16)6-7-17-18(22)9-10-20(2)14-21(3,23)13-19(17)20/h6,16-19,23H,5,7-14H2,1-4H3. The third-order valence-corrected chi connectivity index (χ3v) is 8.42. The zero-order valence-electron chi connectivity index (χ0n) is 16.1. The van der Waals surface area contributed by atoms with Crippen LogP contribution in [0.25, 0.3) is 0 Å². The molecule has 1 N–H and O–H groups in total. The van der Waals surface area contributed by atoms with Gasteiger partial charge in [-0.25, -0.2) is 0 Å². The van der Waals surface area contributed by atoms with Crippen LogP contribution in [0.1, 0.15) is 79.1 Å². The Hall–Kier alpha value is -0.340. The lowest BCUT2D eigenvalue weighted by atomic mass is 9.48. The van der Waals surface area contributed by atoms with Crippen LogP contribution in [0.15, 0.2) is 11.6 Å². The van der Waals surface area contributed by atoms with E-state index in [2.05, 4.69) is 33.8 Å². The van der Waals surface area contributed by atoms with E-state index in [9.17, 15) is 5.11 Å². The Morgan fingerprint density at radius 1 is 1.17 bits per heavy atom. The molecule has 0 aromatic carbocycles. The van der Waals surface area contributed by atoms with Crippen LogP contribution < -0.4 is 0 Å². The molecule has 0 bridgehead atoms. The second kappa shape index (κ2) is 5.58. The number of hydrogen-bond acceptors (Lipinski definition) is 2. The molecular formula is C22H36O2. The molecule has 4 rings (SSSR count). The quantitative estimate of drug-likeness (QED) is 0.712. The van der Waals surface area contributed by atoms with Gasteiger partial charge in [0, 0.05) is 6.61 Å². The second-order valence-electron chi connectivity index (χ2n) is 10.2. The van der Waals surface area contributed by atoms with Crippen molar-refractivity contribution in [1.29, 1.82) is 0 Å². The zero-order chi connectivity index (χ0) is 17.2. The third-order valence-electron chi connectivity index (χ3n) is 8.42. The predicted molar refractivity (Wildman–Crippen MR) is 97.7 cm³/mol. The van der Waals surface area contributed by atoms with Crippen LogP contribution in [0.3, 0.4) is 0 Å². The summed E-state index contributed by atoms with van der Waals surface area (Å²) in [5, 5.41) is 10.7. The number of fused-ring (bicyclic) bond motifs is 5. The van der Waals surface area contributed by atoms with Gasteiger partial charge in [0.1, 0.15) is 0 Å². The van der Waals surface area contributed by atoms with E-state index in [4.69, 9.17) is 4.74 Å². The lowest BCUT2D eigenvalue weighted by molar-refractivity contribution is -0.0458. The molecule has 0 radical (unpaired) electrons. The molecule has 0 amide bonds. The molecule has 4 aliphatic rings. The van der Waals surface area contributed by atoms with E-state index in [1.807, 2.05) is 0 Å². The van der Waals surface area contributed by atoms with E-state index >= 15 is 0 Å². The van der Waals surface area contributed by atoms with Crippen LogP contribution in [0.4, 0.5) is 0 Å². The highest BCUT2D eigenvalue weighted by Crippen LogP contribution is 2.66. The maximum atomic E-state index is 10.7. The minimum Gasteiger partial charge on any atom is -0.390 e. The van der Waals surface area contributed by atoms with Crippen LogP contribution in [0.5, 0.6) is 0 Å². The van der Waals surface area contributed by atoms with Crippen molar-refractivity contribution < 1.29 is 9.84 Å². The Kier molecular flexibility index (Phi) is 3.97. The van der Waals surface area contributed by atoms with Gasteiger partial charge < -0.3 is 9.84 Å². The molecule has 0 saturated heterocycles. The van der Waals surface area contributed by atoms with Crippen molar-refractivity contribution in [2.75, 3.05) is 6.61 Å². The Morgan fingerprint density at radius 3 is 2.71 bits per heavy atom. The summed E-state index contributed by atoms with van der Waals surface area (Å²) in [5.41, 5.74) is 2.02. The van der Waals surface area contributed by atoms with E-state index in [1.165, 1.54) is 32.1 Å². The van der Waals surface area contributed by atoms with Gasteiger partial charge in [-0.3, -0.25) is 0 Å². The number of allylic oxidation sites excluding steroid dienone is 1. The summed E-state index contributed by atoms with van der Waals surface area (Å²) in [6.07, 6.45) is 12.7. The van der Waals surface area contributed by atoms with Gasteiger partial charge in [0.05, 0.1) is 11.7 Å². The van der Waals surface area contributed by atoms with E-state index in [0.717, 1.165) is 37.7 Å².